The number of hydroxylamine groups is 1. The maximum absolute atomic E-state index is 11.4. The largest absolute Gasteiger partial charge is 0.344 e. The zero-order valence-corrected chi connectivity index (χ0v) is 8.72. The number of rotatable bonds is 2. The molecule has 5 nitrogen and oxygen atoms in total. The summed E-state index contributed by atoms with van der Waals surface area (Å²) in [6, 6.07) is -0.440. The third-order valence-corrected chi connectivity index (χ3v) is 1.77. The molecule has 0 aromatic carbocycles. The molecule has 1 fully saturated rings. The number of carbonyl (C=O) groups is 2. The van der Waals surface area contributed by atoms with E-state index in [1.165, 1.54) is 0 Å². The topological polar surface area (TPSA) is 67.4 Å². The van der Waals surface area contributed by atoms with Gasteiger partial charge < -0.3 is 5.32 Å². The second-order valence-corrected chi connectivity index (χ2v) is 4.34. The van der Waals surface area contributed by atoms with Crippen LogP contribution in [0.15, 0.2) is 0 Å². The molecule has 80 valence electrons. The quantitative estimate of drug-likeness (QED) is 0.622. The molecule has 5 heteroatoms. The van der Waals surface area contributed by atoms with Gasteiger partial charge in [0, 0.05) is 6.42 Å². The van der Waals surface area contributed by atoms with E-state index < -0.39 is 11.6 Å². The summed E-state index contributed by atoms with van der Waals surface area (Å²) in [5, 5.41) is 2.56. The van der Waals surface area contributed by atoms with E-state index in [1.807, 2.05) is 20.8 Å². The molecule has 0 spiro atoms. The normalized spacial score (nSPS) is 21.9. The Morgan fingerprint density at radius 2 is 2.21 bits per heavy atom. The smallest absolute Gasteiger partial charge is 0.266 e. The van der Waals surface area contributed by atoms with Crippen LogP contribution in [0.3, 0.4) is 0 Å². The number of amides is 2. The molecule has 0 aromatic heterocycles. The van der Waals surface area contributed by atoms with Crippen LogP contribution >= 0.6 is 0 Å². The van der Waals surface area contributed by atoms with Gasteiger partial charge >= 0.3 is 0 Å². The third kappa shape index (κ3) is 3.33. The molecule has 1 rings (SSSR count). The predicted molar refractivity (Wildman–Crippen MR) is 50.1 cm³/mol. The Morgan fingerprint density at radius 1 is 1.57 bits per heavy atom. The van der Waals surface area contributed by atoms with Crippen molar-refractivity contribution in [1.29, 1.82) is 0 Å². The second-order valence-electron chi connectivity index (χ2n) is 4.34. The number of carbonyl (C=O) groups excluding carboxylic acids is 2. The van der Waals surface area contributed by atoms with Gasteiger partial charge in [0.2, 0.25) is 5.91 Å². The lowest BCUT2D eigenvalue weighted by Gasteiger charge is -2.20. The molecule has 0 aliphatic carbocycles. The monoisotopic (exact) mass is 200 g/mol. The molecule has 0 bridgehead atoms. The first-order valence-corrected chi connectivity index (χ1v) is 4.66. The SMILES string of the molecule is CC(C)(C)ONC(=O)[C@H]1CCC(=O)N1. The van der Waals surface area contributed by atoms with E-state index in [2.05, 4.69) is 10.8 Å². The Bertz CT molecular complexity index is 245. The van der Waals surface area contributed by atoms with Crippen LogP contribution in [-0.4, -0.2) is 23.5 Å². The molecular weight excluding hydrogens is 184 g/mol. The first-order valence-electron chi connectivity index (χ1n) is 4.66. The Balaban J connectivity index is 2.32. The van der Waals surface area contributed by atoms with E-state index in [-0.39, 0.29) is 11.8 Å². The summed E-state index contributed by atoms with van der Waals surface area (Å²) in [4.78, 5) is 27.3. The molecule has 0 radical (unpaired) electrons. The minimum absolute atomic E-state index is 0.0825. The van der Waals surface area contributed by atoms with Crippen molar-refractivity contribution in [3.05, 3.63) is 0 Å². The first kappa shape index (κ1) is 11.0. The number of hydrogen-bond acceptors (Lipinski definition) is 3. The van der Waals surface area contributed by atoms with Gasteiger partial charge in [-0.05, 0) is 27.2 Å². The second kappa shape index (κ2) is 3.96. The van der Waals surface area contributed by atoms with Gasteiger partial charge in [-0.3, -0.25) is 14.4 Å². The van der Waals surface area contributed by atoms with Gasteiger partial charge in [0.05, 0.1) is 5.60 Å². The minimum atomic E-state index is -0.440. The van der Waals surface area contributed by atoms with E-state index in [1.54, 1.807) is 0 Å². The highest BCUT2D eigenvalue weighted by molar-refractivity contribution is 5.90. The fraction of sp³-hybridized carbons (Fsp3) is 0.778. The van der Waals surface area contributed by atoms with Crippen molar-refractivity contribution in [2.75, 3.05) is 0 Å². The van der Waals surface area contributed by atoms with Crippen molar-refractivity contribution in [3.8, 4) is 0 Å². The zero-order valence-electron chi connectivity index (χ0n) is 8.72. The molecule has 1 aliphatic rings. The summed E-state index contributed by atoms with van der Waals surface area (Å²) in [6.07, 6.45) is 0.950. The summed E-state index contributed by atoms with van der Waals surface area (Å²) >= 11 is 0. The zero-order chi connectivity index (χ0) is 10.8. The van der Waals surface area contributed by atoms with Crippen LogP contribution in [0.1, 0.15) is 33.6 Å². The first-order chi connectivity index (χ1) is 6.38. The maximum Gasteiger partial charge on any atom is 0.266 e. The highest BCUT2D eigenvalue weighted by Crippen LogP contribution is 2.08. The summed E-state index contributed by atoms with van der Waals surface area (Å²) in [7, 11) is 0. The molecule has 14 heavy (non-hydrogen) atoms. The van der Waals surface area contributed by atoms with Crippen LogP contribution in [0.5, 0.6) is 0 Å². The fourth-order valence-corrected chi connectivity index (χ4v) is 1.09. The lowest BCUT2D eigenvalue weighted by molar-refractivity contribution is -0.147. The Morgan fingerprint density at radius 3 is 2.64 bits per heavy atom. The van der Waals surface area contributed by atoms with Gasteiger partial charge in [-0.2, -0.15) is 0 Å². The van der Waals surface area contributed by atoms with Crippen molar-refractivity contribution in [3.63, 3.8) is 0 Å². The molecule has 1 aliphatic heterocycles. The number of hydrogen-bond donors (Lipinski definition) is 2. The van der Waals surface area contributed by atoms with Crippen LogP contribution in [0.2, 0.25) is 0 Å². The van der Waals surface area contributed by atoms with Crippen molar-refractivity contribution in [2.24, 2.45) is 0 Å². The van der Waals surface area contributed by atoms with Gasteiger partial charge in [0.1, 0.15) is 6.04 Å². The summed E-state index contributed by atoms with van der Waals surface area (Å²) in [5.41, 5.74) is 1.91. The summed E-state index contributed by atoms with van der Waals surface area (Å²) in [5.74, 6) is -0.369. The lowest BCUT2D eigenvalue weighted by atomic mass is 10.2. The molecular formula is C9H16N2O3. The third-order valence-electron chi connectivity index (χ3n) is 1.77. The van der Waals surface area contributed by atoms with E-state index in [9.17, 15) is 9.59 Å². The molecule has 0 aromatic rings. The molecule has 1 saturated heterocycles. The van der Waals surface area contributed by atoms with Crippen molar-refractivity contribution < 1.29 is 14.4 Å². The Kier molecular flexibility index (Phi) is 3.10. The summed E-state index contributed by atoms with van der Waals surface area (Å²) < 4.78 is 0. The molecule has 1 atom stereocenters. The fourth-order valence-electron chi connectivity index (χ4n) is 1.09. The average Bonchev–Trinajstić information content (AvgIpc) is 2.46. The van der Waals surface area contributed by atoms with Crippen LogP contribution in [0.4, 0.5) is 0 Å². The van der Waals surface area contributed by atoms with Crippen LogP contribution in [-0.2, 0) is 14.4 Å². The Hall–Kier alpha value is -1.10. The van der Waals surface area contributed by atoms with Gasteiger partial charge in [-0.1, -0.05) is 0 Å². The molecule has 0 saturated carbocycles. The maximum atomic E-state index is 11.4. The Labute approximate surface area is 83.1 Å². The van der Waals surface area contributed by atoms with E-state index in [0.717, 1.165) is 0 Å². The standard InChI is InChI=1S/C9H16N2O3/c1-9(2,3)14-11-8(13)6-4-5-7(12)10-6/h6H,4-5H2,1-3H3,(H,10,12)(H,11,13)/t6-/m1/s1. The molecule has 2 N–H and O–H groups in total. The lowest BCUT2D eigenvalue weighted by Crippen LogP contribution is -2.44. The average molecular weight is 200 g/mol. The van der Waals surface area contributed by atoms with E-state index in [4.69, 9.17) is 4.84 Å². The van der Waals surface area contributed by atoms with Gasteiger partial charge in [-0.15, -0.1) is 0 Å². The highest BCUT2D eigenvalue weighted by Gasteiger charge is 2.28. The van der Waals surface area contributed by atoms with Crippen molar-refractivity contribution in [1.82, 2.24) is 10.8 Å². The van der Waals surface area contributed by atoms with E-state index in [0.29, 0.717) is 12.8 Å². The molecule has 0 unspecified atom stereocenters. The highest BCUT2D eigenvalue weighted by atomic mass is 16.7. The van der Waals surface area contributed by atoms with Gasteiger partial charge in [-0.25, -0.2) is 5.48 Å². The van der Waals surface area contributed by atoms with E-state index >= 15 is 0 Å². The summed E-state index contributed by atoms with van der Waals surface area (Å²) in [6.45, 7) is 5.50. The van der Waals surface area contributed by atoms with Crippen LogP contribution < -0.4 is 10.8 Å². The van der Waals surface area contributed by atoms with Crippen molar-refractivity contribution >= 4 is 11.8 Å². The minimum Gasteiger partial charge on any atom is -0.344 e. The van der Waals surface area contributed by atoms with Crippen molar-refractivity contribution in [2.45, 2.75) is 45.3 Å². The molecule has 2 amide bonds. The van der Waals surface area contributed by atoms with Crippen LogP contribution in [0, 0.1) is 0 Å². The predicted octanol–water partition coefficient (Wildman–Crippen LogP) is 0.111. The molecule has 1 heterocycles. The number of nitrogens with one attached hydrogen (secondary N) is 2. The van der Waals surface area contributed by atoms with Gasteiger partial charge in [0.25, 0.3) is 5.91 Å². The van der Waals surface area contributed by atoms with Gasteiger partial charge in [0.15, 0.2) is 0 Å². The van der Waals surface area contributed by atoms with Crippen LogP contribution in [0.25, 0.3) is 0 Å².